The van der Waals surface area contributed by atoms with Crippen molar-refractivity contribution < 1.29 is 4.79 Å². The summed E-state index contributed by atoms with van der Waals surface area (Å²) in [4.78, 5) is 15.8. The molecule has 0 radical (unpaired) electrons. The minimum atomic E-state index is -0.201. The summed E-state index contributed by atoms with van der Waals surface area (Å²) >= 11 is 0. The van der Waals surface area contributed by atoms with Crippen LogP contribution >= 0.6 is 0 Å². The van der Waals surface area contributed by atoms with E-state index in [9.17, 15) is 4.79 Å². The van der Waals surface area contributed by atoms with E-state index in [-0.39, 0.29) is 5.91 Å². The lowest BCUT2D eigenvalue weighted by Gasteiger charge is -2.06. The highest BCUT2D eigenvalue weighted by atomic mass is 16.1. The molecule has 2 aromatic heterocycles. The van der Waals surface area contributed by atoms with E-state index in [2.05, 4.69) is 25.8 Å². The molecule has 0 saturated heterocycles. The highest BCUT2D eigenvalue weighted by molar-refractivity contribution is 6.04. The van der Waals surface area contributed by atoms with Gasteiger partial charge in [-0.3, -0.25) is 9.78 Å². The van der Waals surface area contributed by atoms with Crippen molar-refractivity contribution >= 4 is 11.6 Å². The maximum Gasteiger partial charge on any atom is 0.257 e. The Kier molecular flexibility index (Phi) is 3.15. The number of aromatic nitrogens is 5. The van der Waals surface area contributed by atoms with Gasteiger partial charge in [0.25, 0.3) is 5.91 Å². The summed E-state index contributed by atoms with van der Waals surface area (Å²) in [5, 5.41) is 13.7. The molecule has 3 aromatic rings. The van der Waals surface area contributed by atoms with Crippen LogP contribution in [0.5, 0.6) is 0 Å². The summed E-state index contributed by atoms with van der Waals surface area (Å²) in [5.41, 5.74) is 2.02. The number of benzene rings is 1. The molecule has 0 spiro atoms. The highest BCUT2D eigenvalue weighted by Gasteiger charge is 2.05. The molecule has 7 heteroatoms. The molecule has 20 heavy (non-hydrogen) atoms. The quantitative estimate of drug-likeness (QED) is 0.772. The number of rotatable bonds is 3. The zero-order valence-electron chi connectivity index (χ0n) is 10.3. The molecule has 98 valence electrons. The summed E-state index contributed by atoms with van der Waals surface area (Å²) in [6, 6.07) is 10.6. The molecule has 1 amide bonds. The Labute approximate surface area is 114 Å². The SMILES string of the molecule is O=C(Nc1ccc(-n2cnnn2)cc1)c1cccnc1. The molecule has 2 heterocycles. The lowest BCUT2D eigenvalue weighted by atomic mass is 10.2. The Bertz CT molecular complexity index is 693. The Hall–Kier alpha value is -3.09. The van der Waals surface area contributed by atoms with Crippen molar-refractivity contribution in [1.29, 1.82) is 0 Å². The van der Waals surface area contributed by atoms with E-state index in [1.807, 2.05) is 12.1 Å². The number of anilines is 1. The molecule has 1 aromatic carbocycles. The molecule has 0 unspecified atom stereocenters. The van der Waals surface area contributed by atoms with Crippen LogP contribution < -0.4 is 5.32 Å². The molecule has 0 aliphatic rings. The topological polar surface area (TPSA) is 85.6 Å². The van der Waals surface area contributed by atoms with Crippen molar-refractivity contribution in [1.82, 2.24) is 25.2 Å². The zero-order valence-corrected chi connectivity index (χ0v) is 10.3. The van der Waals surface area contributed by atoms with Crippen LogP contribution in [-0.2, 0) is 0 Å². The molecule has 0 saturated carbocycles. The van der Waals surface area contributed by atoms with Crippen LogP contribution in [0.4, 0.5) is 5.69 Å². The molecule has 0 fully saturated rings. The van der Waals surface area contributed by atoms with E-state index in [0.29, 0.717) is 11.3 Å². The van der Waals surface area contributed by atoms with Crippen molar-refractivity contribution in [3.63, 3.8) is 0 Å². The van der Waals surface area contributed by atoms with Gasteiger partial charge in [-0.05, 0) is 46.8 Å². The van der Waals surface area contributed by atoms with Gasteiger partial charge in [0.05, 0.1) is 11.3 Å². The van der Waals surface area contributed by atoms with Gasteiger partial charge in [-0.15, -0.1) is 5.10 Å². The van der Waals surface area contributed by atoms with E-state index in [0.717, 1.165) is 5.69 Å². The van der Waals surface area contributed by atoms with Crippen LogP contribution in [0.15, 0.2) is 55.1 Å². The van der Waals surface area contributed by atoms with Crippen molar-refractivity contribution in [3.05, 3.63) is 60.7 Å². The Balaban J connectivity index is 1.74. The Morgan fingerprint density at radius 2 is 2.00 bits per heavy atom. The van der Waals surface area contributed by atoms with Gasteiger partial charge in [0, 0.05) is 18.1 Å². The van der Waals surface area contributed by atoms with Gasteiger partial charge in [-0.1, -0.05) is 0 Å². The van der Waals surface area contributed by atoms with Gasteiger partial charge >= 0.3 is 0 Å². The molecule has 0 atom stereocenters. The molecule has 3 rings (SSSR count). The Morgan fingerprint density at radius 3 is 2.65 bits per heavy atom. The lowest BCUT2D eigenvalue weighted by molar-refractivity contribution is 0.102. The first-order valence-electron chi connectivity index (χ1n) is 5.88. The largest absolute Gasteiger partial charge is 0.322 e. The second-order valence-corrected chi connectivity index (χ2v) is 4.00. The summed E-state index contributed by atoms with van der Waals surface area (Å²) < 4.78 is 1.53. The first-order chi connectivity index (χ1) is 9.83. The monoisotopic (exact) mass is 266 g/mol. The van der Waals surface area contributed by atoms with Gasteiger partial charge in [0.15, 0.2) is 0 Å². The van der Waals surface area contributed by atoms with Crippen LogP contribution in [0.1, 0.15) is 10.4 Å². The zero-order chi connectivity index (χ0) is 13.8. The molecular formula is C13H10N6O. The van der Waals surface area contributed by atoms with Gasteiger partial charge < -0.3 is 5.32 Å². The molecule has 0 aliphatic heterocycles. The number of tetrazole rings is 1. The summed E-state index contributed by atoms with van der Waals surface area (Å²) in [7, 11) is 0. The van der Waals surface area contributed by atoms with Gasteiger partial charge in [0.2, 0.25) is 0 Å². The van der Waals surface area contributed by atoms with E-state index >= 15 is 0 Å². The highest BCUT2D eigenvalue weighted by Crippen LogP contribution is 2.13. The first kappa shape index (κ1) is 12.0. The standard InChI is InChI=1S/C13H10N6O/c20-13(10-2-1-7-14-8-10)16-11-3-5-12(6-4-11)19-9-15-17-18-19/h1-9H,(H,16,20). The average molecular weight is 266 g/mol. The number of nitrogens with zero attached hydrogens (tertiary/aromatic N) is 5. The molecular weight excluding hydrogens is 256 g/mol. The van der Waals surface area contributed by atoms with Crippen molar-refractivity contribution in [2.75, 3.05) is 5.32 Å². The van der Waals surface area contributed by atoms with E-state index in [4.69, 9.17) is 0 Å². The number of pyridine rings is 1. The normalized spacial score (nSPS) is 10.2. The number of carbonyl (C=O) groups excluding carboxylic acids is 1. The smallest absolute Gasteiger partial charge is 0.257 e. The summed E-state index contributed by atoms with van der Waals surface area (Å²) in [5.74, 6) is -0.201. The molecule has 0 aliphatic carbocycles. The van der Waals surface area contributed by atoms with Gasteiger partial charge in [0.1, 0.15) is 6.33 Å². The minimum Gasteiger partial charge on any atom is -0.322 e. The number of hydrogen-bond donors (Lipinski definition) is 1. The van der Waals surface area contributed by atoms with Crippen LogP contribution in [0.25, 0.3) is 5.69 Å². The number of hydrogen-bond acceptors (Lipinski definition) is 5. The van der Waals surface area contributed by atoms with Crippen molar-refractivity contribution in [2.24, 2.45) is 0 Å². The fourth-order valence-corrected chi connectivity index (χ4v) is 1.68. The van der Waals surface area contributed by atoms with Crippen LogP contribution in [-0.4, -0.2) is 31.1 Å². The molecule has 1 N–H and O–H groups in total. The maximum atomic E-state index is 11.9. The summed E-state index contributed by atoms with van der Waals surface area (Å²) in [6.45, 7) is 0. The molecule has 7 nitrogen and oxygen atoms in total. The van der Waals surface area contributed by atoms with Crippen LogP contribution in [0.2, 0.25) is 0 Å². The van der Waals surface area contributed by atoms with Crippen LogP contribution in [0, 0.1) is 0 Å². The average Bonchev–Trinajstić information content (AvgIpc) is 3.03. The van der Waals surface area contributed by atoms with Crippen molar-refractivity contribution in [3.8, 4) is 5.69 Å². The Morgan fingerprint density at radius 1 is 1.15 bits per heavy atom. The van der Waals surface area contributed by atoms with Crippen LogP contribution in [0.3, 0.4) is 0 Å². The fourth-order valence-electron chi connectivity index (χ4n) is 1.68. The third kappa shape index (κ3) is 2.51. The second kappa shape index (κ2) is 5.27. The first-order valence-corrected chi connectivity index (χ1v) is 5.88. The van der Waals surface area contributed by atoms with E-state index in [1.54, 1.807) is 30.5 Å². The van der Waals surface area contributed by atoms with Gasteiger partial charge in [-0.25, -0.2) is 4.68 Å². The van der Waals surface area contributed by atoms with Gasteiger partial charge in [-0.2, -0.15) is 0 Å². The third-order valence-corrected chi connectivity index (χ3v) is 2.66. The number of nitrogens with one attached hydrogen (secondary N) is 1. The number of amides is 1. The van der Waals surface area contributed by atoms with E-state index in [1.165, 1.54) is 17.2 Å². The maximum absolute atomic E-state index is 11.9. The third-order valence-electron chi connectivity index (χ3n) is 2.66. The van der Waals surface area contributed by atoms with E-state index < -0.39 is 0 Å². The molecule has 0 bridgehead atoms. The predicted molar refractivity (Wildman–Crippen MR) is 71.3 cm³/mol. The van der Waals surface area contributed by atoms with Crippen molar-refractivity contribution in [2.45, 2.75) is 0 Å². The minimum absolute atomic E-state index is 0.201. The second-order valence-electron chi connectivity index (χ2n) is 4.00. The fraction of sp³-hybridized carbons (Fsp3) is 0. The number of carbonyl (C=O) groups is 1. The summed E-state index contributed by atoms with van der Waals surface area (Å²) in [6.07, 6.45) is 4.64. The lowest BCUT2D eigenvalue weighted by Crippen LogP contribution is -2.12. The predicted octanol–water partition coefficient (Wildman–Crippen LogP) is 1.31.